The summed E-state index contributed by atoms with van der Waals surface area (Å²) in [6, 6.07) is 0.500. The third-order valence-corrected chi connectivity index (χ3v) is 2.19. The van der Waals surface area contributed by atoms with Crippen LogP contribution >= 0.6 is 0 Å². The maximum atomic E-state index is 5.29. The average Bonchev–Trinajstić information content (AvgIpc) is 2.05. The summed E-state index contributed by atoms with van der Waals surface area (Å²) < 4.78 is 5.29. The van der Waals surface area contributed by atoms with Crippen LogP contribution in [0.25, 0.3) is 0 Å². The molecule has 1 N–H and O–H groups in total. The molecular weight excluding hydrogens is 150 g/mol. The van der Waals surface area contributed by atoms with Gasteiger partial charge in [0.1, 0.15) is 0 Å². The Balaban J connectivity index is 2.30. The zero-order valence-electron chi connectivity index (χ0n) is 8.10. The van der Waals surface area contributed by atoms with Gasteiger partial charge in [-0.3, -0.25) is 0 Å². The monoisotopic (exact) mass is 169 g/mol. The molecule has 0 atom stereocenters. The van der Waals surface area contributed by atoms with Gasteiger partial charge in [-0.15, -0.1) is 0 Å². The van der Waals surface area contributed by atoms with Crippen molar-refractivity contribution < 1.29 is 4.74 Å². The van der Waals surface area contributed by atoms with Crippen LogP contribution in [-0.4, -0.2) is 19.3 Å². The van der Waals surface area contributed by atoms with Crippen molar-refractivity contribution in [2.75, 3.05) is 13.2 Å². The summed E-state index contributed by atoms with van der Waals surface area (Å²) in [7, 11) is 0. The van der Waals surface area contributed by atoms with E-state index in [2.05, 4.69) is 25.7 Å². The second-order valence-electron chi connectivity index (χ2n) is 3.71. The summed E-state index contributed by atoms with van der Waals surface area (Å²) in [4.78, 5) is 0. The van der Waals surface area contributed by atoms with Gasteiger partial charge < -0.3 is 10.1 Å². The summed E-state index contributed by atoms with van der Waals surface area (Å²) in [5, 5.41) is 3.36. The molecule has 0 spiro atoms. The average molecular weight is 169 g/mol. The van der Waals surface area contributed by atoms with E-state index < -0.39 is 0 Å². The van der Waals surface area contributed by atoms with Gasteiger partial charge >= 0.3 is 0 Å². The van der Waals surface area contributed by atoms with Crippen LogP contribution in [0.3, 0.4) is 0 Å². The van der Waals surface area contributed by atoms with E-state index in [1.165, 1.54) is 5.70 Å². The van der Waals surface area contributed by atoms with Crippen LogP contribution in [0.5, 0.6) is 0 Å². The molecule has 1 fully saturated rings. The first-order chi connectivity index (χ1) is 5.70. The minimum atomic E-state index is 0.500. The fourth-order valence-electron chi connectivity index (χ4n) is 1.53. The topological polar surface area (TPSA) is 21.3 Å². The summed E-state index contributed by atoms with van der Waals surface area (Å²) >= 11 is 0. The molecule has 0 unspecified atom stereocenters. The first kappa shape index (κ1) is 9.59. The van der Waals surface area contributed by atoms with E-state index in [4.69, 9.17) is 4.74 Å². The number of hydrogen-bond acceptors (Lipinski definition) is 2. The van der Waals surface area contributed by atoms with Crippen LogP contribution in [0.15, 0.2) is 12.3 Å². The number of rotatable bonds is 3. The van der Waals surface area contributed by atoms with Crippen LogP contribution in [0.1, 0.15) is 26.7 Å². The first-order valence-corrected chi connectivity index (χ1v) is 4.73. The van der Waals surface area contributed by atoms with Gasteiger partial charge in [-0.1, -0.05) is 6.58 Å². The molecule has 1 aliphatic heterocycles. The van der Waals surface area contributed by atoms with Crippen molar-refractivity contribution in [3.05, 3.63) is 12.3 Å². The molecule has 2 heteroatoms. The molecule has 2 nitrogen and oxygen atoms in total. The normalized spacial score (nSPS) is 19.6. The second-order valence-corrected chi connectivity index (χ2v) is 3.71. The Morgan fingerprint density at radius 2 is 2.00 bits per heavy atom. The van der Waals surface area contributed by atoms with Crippen LogP contribution in [0, 0.1) is 5.92 Å². The largest absolute Gasteiger partial charge is 0.386 e. The Hall–Kier alpha value is -0.500. The van der Waals surface area contributed by atoms with Gasteiger partial charge in [0.2, 0.25) is 0 Å². The molecule has 0 bridgehead atoms. The minimum Gasteiger partial charge on any atom is -0.386 e. The maximum Gasteiger partial charge on any atom is 0.0472 e. The number of ether oxygens (including phenoxy) is 1. The van der Waals surface area contributed by atoms with Crippen LogP contribution in [0.4, 0.5) is 0 Å². The van der Waals surface area contributed by atoms with Crippen molar-refractivity contribution in [3.8, 4) is 0 Å². The molecule has 0 aromatic carbocycles. The Labute approximate surface area is 75.0 Å². The lowest BCUT2D eigenvalue weighted by Crippen LogP contribution is -2.29. The van der Waals surface area contributed by atoms with Crippen molar-refractivity contribution in [2.24, 2.45) is 5.92 Å². The molecule has 1 saturated heterocycles. The fraction of sp³-hybridized carbons (Fsp3) is 0.800. The van der Waals surface area contributed by atoms with E-state index >= 15 is 0 Å². The van der Waals surface area contributed by atoms with Crippen molar-refractivity contribution in [2.45, 2.75) is 32.7 Å². The van der Waals surface area contributed by atoms with Crippen LogP contribution < -0.4 is 5.32 Å². The van der Waals surface area contributed by atoms with Crippen molar-refractivity contribution >= 4 is 0 Å². The molecule has 0 aliphatic carbocycles. The Morgan fingerprint density at radius 1 is 1.42 bits per heavy atom. The molecule has 1 aliphatic rings. The van der Waals surface area contributed by atoms with Gasteiger partial charge in [0.25, 0.3) is 0 Å². The van der Waals surface area contributed by atoms with Gasteiger partial charge in [-0.25, -0.2) is 0 Å². The SMILES string of the molecule is C=C(NC(C)C)C1CCOCC1. The standard InChI is InChI=1S/C10H19NO/c1-8(2)11-9(3)10-4-6-12-7-5-10/h8,10-11H,3-7H2,1-2H3. The van der Waals surface area contributed by atoms with E-state index in [1.54, 1.807) is 0 Å². The molecule has 0 radical (unpaired) electrons. The summed E-state index contributed by atoms with van der Waals surface area (Å²) in [5.74, 6) is 0.626. The molecule has 0 saturated carbocycles. The summed E-state index contributed by atoms with van der Waals surface area (Å²) in [6.07, 6.45) is 2.25. The third kappa shape index (κ3) is 2.86. The molecule has 1 heterocycles. The zero-order chi connectivity index (χ0) is 8.97. The lowest BCUT2D eigenvalue weighted by molar-refractivity contribution is 0.0739. The Morgan fingerprint density at radius 3 is 2.50 bits per heavy atom. The predicted molar refractivity (Wildman–Crippen MR) is 51.0 cm³/mol. The third-order valence-electron chi connectivity index (χ3n) is 2.19. The Bertz CT molecular complexity index is 148. The number of allylic oxidation sites excluding steroid dienone is 1. The molecule has 0 aromatic heterocycles. The van der Waals surface area contributed by atoms with Gasteiger partial charge in [-0.2, -0.15) is 0 Å². The molecule has 0 aromatic rings. The van der Waals surface area contributed by atoms with E-state index in [-0.39, 0.29) is 0 Å². The van der Waals surface area contributed by atoms with Gasteiger partial charge in [0, 0.05) is 30.9 Å². The van der Waals surface area contributed by atoms with E-state index in [0.717, 1.165) is 26.1 Å². The number of nitrogens with one attached hydrogen (secondary N) is 1. The van der Waals surface area contributed by atoms with Crippen LogP contribution in [-0.2, 0) is 4.74 Å². The first-order valence-electron chi connectivity index (χ1n) is 4.73. The second kappa shape index (κ2) is 4.51. The van der Waals surface area contributed by atoms with Gasteiger partial charge in [0.15, 0.2) is 0 Å². The van der Waals surface area contributed by atoms with E-state index in [1.807, 2.05) is 0 Å². The zero-order valence-corrected chi connectivity index (χ0v) is 8.10. The Kier molecular flexibility index (Phi) is 3.60. The smallest absolute Gasteiger partial charge is 0.0472 e. The molecule has 1 rings (SSSR count). The van der Waals surface area contributed by atoms with E-state index in [9.17, 15) is 0 Å². The molecule has 0 amide bonds. The maximum absolute atomic E-state index is 5.29. The highest BCUT2D eigenvalue weighted by atomic mass is 16.5. The van der Waals surface area contributed by atoms with Crippen molar-refractivity contribution in [3.63, 3.8) is 0 Å². The molecular formula is C10H19NO. The molecule has 12 heavy (non-hydrogen) atoms. The lowest BCUT2D eigenvalue weighted by Gasteiger charge is -2.26. The fourth-order valence-corrected chi connectivity index (χ4v) is 1.53. The highest BCUT2D eigenvalue weighted by molar-refractivity contribution is 4.99. The predicted octanol–water partition coefficient (Wildman–Crippen LogP) is 1.92. The van der Waals surface area contributed by atoms with E-state index in [0.29, 0.717) is 12.0 Å². The minimum absolute atomic E-state index is 0.500. The quantitative estimate of drug-likeness (QED) is 0.697. The summed E-state index contributed by atoms with van der Waals surface area (Å²) in [6.45, 7) is 10.1. The molecule has 70 valence electrons. The van der Waals surface area contributed by atoms with Crippen LogP contribution in [0.2, 0.25) is 0 Å². The lowest BCUT2D eigenvalue weighted by atomic mass is 9.97. The highest BCUT2D eigenvalue weighted by Crippen LogP contribution is 2.20. The van der Waals surface area contributed by atoms with Crippen molar-refractivity contribution in [1.29, 1.82) is 0 Å². The number of hydrogen-bond donors (Lipinski definition) is 1. The van der Waals surface area contributed by atoms with Gasteiger partial charge in [-0.05, 0) is 26.7 Å². The van der Waals surface area contributed by atoms with Gasteiger partial charge in [0.05, 0.1) is 0 Å². The van der Waals surface area contributed by atoms with Crippen molar-refractivity contribution in [1.82, 2.24) is 5.32 Å². The highest BCUT2D eigenvalue weighted by Gasteiger charge is 2.16. The summed E-state index contributed by atoms with van der Waals surface area (Å²) in [5.41, 5.74) is 1.19.